The molecule has 0 aliphatic rings. The predicted octanol–water partition coefficient (Wildman–Crippen LogP) is 4.60. The minimum atomic E-state index is -0.215. The molecule has 3 heterocycles. The van der Waals surface area contributed by atoms with E-state index in [0.29, 0.717) is 34.0 Å². The van der Waals surface area contributed by atoms with E-state index >= 15 is 0 Å². The van der Waals surface area contributed by atoms with Crippen molar-refractivity contribution in [3.8, 4) is 0 Å². The zero-order chi connectivity index (χ0) is 21.4. The summed E-state index contributed by atoms with van der Waals surface area (Å²) in [6.07, 6.45) is 3.54. The standard InChI is InChI=1S/C24H17ClN4O2/c25-18-9-11-19(12-10-18)27-23(30)17-7-5-16(6-8-17)15-29-22-20(3-1-13-26-22)28-14-2-4-21(28)24(29)31/h1-14H,15H2,(H,27,30). The predicted molar refractivity (Wildman–Crippen MR) is 122 cm³/mol. The number of hydrogen-bond acceptors (Lipinski definition) is 3. The topological polar surface area (TPSA) is 68.4 Å². The zero-order valence-electron chi connectivity index (χ0n) is 16.3. The minimum absolute atomic E-state index is 0.110. The number of fused-ring (bicyclic) bond motifs is 3. The summed E-state index contributed by atoms with van der Waals surface area (Å²) in [5.41, 5.74) is 4.05. The molecule has 0 spiro atoms. The molecule has 0 bridgehead atoms. The summed E-state index contributed by atoms with van der Waals surface area (Å²) in [5, 5.41) is 3.45. The van der Waals surface area contributed by atoms with Gasteiger partial charge in [0.05, 0.1) is 12.1 Å². The van der Waals surface area contributed by atoms with Gasteiger partial charge in [-0.1, -0.05) is 23.7 Å². The second-order valence-electron chi connectivity index (χ2n) is 7.16. The number of amides is 1. The number of carbonyl (C=O) groups excluding carboxylic acids is 1. The largest absolute Gasteiger partial charge is 0.322 e. The molecule has 0 fully saturated rings. The Labute approximate surface area is 182 Å². The van der Waals surface area contributed by atoms with Gasteiger partial charge < -0.3 is 9.72 Å². The van der Waals surface area contributed by atoms with Crippen molar-refractivity contribution in [1.29, 1.82) is 0 Å². The zero-order valence-corrected chi connectivity index (χ0v) is 17.1. The maximum atomic E-state index is 13.0. The molecule has 0 saturated heterocycles. The van der Waals surface area contributed by atoms with Crippen LogP contribution in [0.15, 0.2) is 90.0 Å². The number of carbonyl (C=O) groups is 1. The molecule has 2 aromatic carbocycles. The first-order valence-electron chi connectivity index (χ1n) is 9.70. The molecular weight excluding hydrogens is 412 g/mol. The van der Waals surface area contributed by atoms with Crippen molar-refractivity contribution >= 4 is 39.9 Å². The summed E-state index contributed by atoms with van der Waals surface area (Å²) < 4.78 is 3.51. The molecule has 0 unspecified atom stereocenters. The van der Waals surface area contributed by atoms with Gasteiger partial charge in [0.15, 0.2) is 5.65 Å². The van der Waals surface area contributed by atoms with Gasteiger partial charge in [-0.2, -0.15) is 0 Å². The summed E-state index contributed by atoms with van der Waals surface area (Å²) in [4.78, 5) is 30.0. The molecule has 6 nitrogen and oxygen atoms in total. The molecule has 152 valence electrons. The average Bonchev–Trinajstić information content (AvgIpc) is 3.29. The van der Waals surface area contributed by atoms with E-state index < -0.39 is 0 Å². The highest BCUT2D eigenvalue weighted by Crippen LogP contribution is 2.17. The highest BCUT2D eigenvalue weighted by Gasteiger charge is 2.12. The molecule has 0 aliphatic carbocycles. The normalized spacial score (nSPS) is 11.1. The van der Waals surface area contributed by atoms with Crippen LogP contribution in [0.5, 0.6) is 0 Å². The maximum Gasteiger partial charge on any atom is 0.276 e. The molecule has 0 aliphatic heterocycles. The van der Waals surface area contributed by atoms with Crippen LogP contribution < -0.4 is 10.9 Å². The molecule has 1 amide bonds. The number of aromatic nitrogens is 3. The fourth-order valence-corrected chi connectivity index (χ4v) is 3.74. The number of rotatable bonds is 4. The second kappa shape index (κ2) is 7.74. The monoisotopic (exact) mass is 428 g/mol. The summed E-state index contributed by atoms with van der Waals surface area (Å²) in [6, 6.07) is 21.6. The number of nitrogens with zero attached hydrogens (tertiary/aromatic N) is 3. The lowest BCUT2D eigenvalue weighted by molar-refractivity contribution is 0.102. The third-order valence-electron chi connectivity index (χ3n) is 5.15. The van der Waals surface area contributed by atoms with E-state index in [-0.39, 0.29) is 11.5 Å². The van der Waals surface area contributed by atoms with E-state index in [9.17, 15) is 9.59 Å². The van der Waals surface area contributed by atoms with E-state index in [2.05, 4.69) is 10.3 Å². The van der Waals surface area contributed by atoms with Crippen molar-refractivity contribution in [3.63, 3.8) is 0 Å². The number of benzene rings is 2. The third-order valence-corrected chi connectivity index (χ3v) is 5.41. The van der Waals surface area contributed by atoms with Crippen LogP contribution in [0.2, 0.25) is 5.02 Å². The van der Waals surface area contributed by atoms with Crippen molar-refractivity contribution in [1.82, 2.24) is 14.0 Å². The number of pyridine rings is 1. The van der Waals surface area contributed by atoms with Gasteiger partial charge in [-0.3, -0.25) is 14.2 Å². The van der Waals surface area contributed by atoms with E-state index in [1.165, 1.54) is 0 Å². The van der Waals surface area contributed by atoms with Crippen LogP contribution in [-0.4, -0.2) is 19.9 Å². The van der Waals surface area contributed by atoms with E-state index in [4.69, 9.17) is 11.6 Å². The minimum Gasteiger partial charge on any atom is -0.322 e. The van der Waals surface area contributed by atoms with Gasteiger partial charge in [0.25, 0.3) is 11.5 Å². The SMILES string of the molecule is O=C(Nc1ccc(Cl)cc1)c1ccc(Cn2c(=O)c3cccn3c3cccnc32)cc1. The lowest BCUT2D eigenvalue weighted by Crippen LogP contribution is -2.24. The van der Waals surface area contributed by atoms with Crippen LogP contribution >= 0.6 is 11.6 Å². The number of halogens is 1. The van der Waals surface area contributed by atoms with Crippen molar-refractivity contribution in [2.45, 2.75) is 6.54 Å². The quantitative estimate of drug-likeness (QED) is 0.454. The van der Waals surface area contributed by atoms with Gasteiger partial charge in [0, 0.05) is 28.7 Å². The molecule has 0 radical (unpaired) electrons. The summed E-state index contributed by atoms with van der Waals surface area (Å²) >= 11 is 5.88. The molecule has 3 aromatic heterocycles. The van der Waals surface area contributed by atoms with Gasteiger partial charge in [-0.25, -0.2) is 4.98 Å². The van der Waals surface area contributed by atoms with Crippen LogP contribution in [0.4, 0.5) is 5.69 Å². The Bertz CT molecular complexity index is 1470. The fourth-order valence-electron chi connectivity index (χ4n) is 3.61. The molecule has 5 rings (SSSR count). The van der Waals surface area contributed by atoms with Gasteiger partial charge in [-0.15, -0.1) is 0 Å². The van der Waals surface area contributed by atoms with E-state index in [0.717, 1.165) is 11.1 Å². The van der Waals surface area contributed by atoms with Crippen molar-refractivity contribution in [2.24, 2.45) is 0 Å². The molecule has 0 saturated carbocycles. The van der Waals surface area contributed by atoms with Crippen LogP contribution in [0.3, 0.4) is 0 Å². The molecule has 7 heteroatoms. The van der Waals surface area contributed by atoms with Crippen LogP contribution in [0.1, 0.15) is 15.9 Å². The molecule has 0 atom stereocenters. The Kier molecular flexibility index (Phi) is 4.76. The highest BCUT2D eigenvalue weighted by molar-refractivity contribution is 6.30. The van der Waals surface area contributed by atoms with Crippen molar-refractivity contribution < 1.29 is 4.79 Å². The highest BCUT2D eigenvalue weighted by atomic mass is 35.5. The molecule has 5 aromatic rings. The van der Waals surface area contributed by atoms with Gasteiger partial charge in [-0.05, 0) is 66.2 Å². The van der Waals surface area contributed by atoms with Crippen molar-refractivity contribution in [3.05, 3.63) is 112 Å². The lowest BCUT2D eigenvalue weighted by Gasteiger charge is -2.12. The third kappa shape index (κ3) is 3.58. The van der Waals surface area contributed by atoms with Gasteiger partial charge in [0.2, 0.25) is 0 Å². The van der Waals surface area contributed by atoms with Gasteiger partial charge in [0.1, 0.15) is 5.52 Å². The summed E-state index contributed by atoms with van der Waals surface area (Å²) in [5.74, 6) is -0.215. The van der Waals surface area contributed by atoms with Gasteiger partial charge >= 0.3 is 0 Å². The Hall–Kier alpha value is -3.90. The number of nitrogens with one attached hydrogen (secondary N) is 1. The fraction of sp³-hybridized carbons (Fsp3) is 0.0417. The average molecular weight is 429 g/mol. The Balaban J connectivity index is 1.44. The Morgan fingerprint density at radius 1 is 0.935 bits per heavy atom. The molecule has 31 heavy (non-hydrogen) atoms. The Morgan fingerprint density at radius 3 is 2.45 bits per heavy atom. The smallest absolute Gasteiger partial charge is 0.276 e. The second-order valence-corrected chi connectivity index (χ2v) is 7.60. The van der Waals surface area contributed by atoms with E-state index in [1.807, 2.05) is 40.9 Å². The molecular formula is C24H17ClN4O2. The van der Waals surface area contributed by atoms with Crippen LogP contribution in [-0.2, 0) is 6.54 Å². The molecule has 1 N–H and O–H groups in total. The summed E-state index contributed by atoms with van der Waals surface area (Å²) in [7, 11) is 0. The number of hydrogen-bond donors (Lipinski definition) is 1. The maximum absolute atomic E-state index is 13.0. The first-order valence-corrected chi connectivity index (χ1v) is 10.1. The summed E-state index contributed by atoms with van der Waals surface area (Å²) in [6.45, 7) is 0.354. The lowest BCUT2D eigenvalue weighted by atomic mass is 10.1. The first-order chi connectivity index (χ1) is 15.1. The van der Waals surface area contributed by atoms with Crippen molar-refractivity contribution in [2.75, 3.05) is 5.32 Å². The number of anilines is 1. The van der Waals surface area contributed by atoms with E-state index in [1.54, 1.807) is 53.2 Å². The van der Waals surface area contributed by atoms with Crippen LogP contribution in [0, 0.1) is 0 Å². The Morgan fingerprint density at radius 2 is 1.68 bits per heavy atom. The first kappa shape index (κ1) is 19.1. The van der Waals surface area contributed by atoms with Crippen LogP contribution in [0.25, 0.3) is 16.7 Å².